The zero-order valence-electron chi connectivity index (χ0n) is 14.0. The first-order valence-corrected chi connectivity index (χ1v) is 10.6. The van der Waals surface area contributed by atoms with Crippen LogP contribution < -0.4 is 10.4 Å². The Balaban J connectivity index is 2.20. The van der Waals surface area contributed by atoms with Crippen molar-refractivity contribution in [1.82, 2.24) is 0 Å². The minimum absolute atomic E-state index is 0.106. The summed E-state index contributed by atoms with van der Waals surface area (Å²) in [6.07, 6.45) is 2.94. The third-order valence-corrected chi connectivity index (χ3v) is 10.2. The Morgan fingerprint density at radius 2 is 1.43 bits per heavy atom. The van der Waals surface area contributed by atoms with Gasteiger partial charge in [-0.1, -0.05) is 74.5 Å². The van der Waals surface area contributed by atoms with Crippen LogP contribution in [0.5, 0.6) is 0 Å². The number of rotatable bonds is 5. The van der Waals surface area contributed by atoms with E-state index in [1.165, 1.54) is 10.4 Å². The molecule has 0 bridgehead atoms. The van der Waals surface area contributed by atoms with Crippen LogP contribution in [0.25, 0.3) is 0 Å². The summed E-state index contributed by atoms with van der Waals surface area (Å²) < 4.78 is 6.99. The first-order valence-electron chi connectivity index (χ1n) is 8.63. The number of aliphatic hydroxyl groups excluding tert-OH is 1. The van der Waals surface area contributed by atoms with Gasteiger partial charge in [-0.2, -0.15) is 0 Å². The summed E-state index contributed by atoms with van der Waals surface area (Å²) >= 11 is 0. The minimum Gasteiger partial charge on any atom is -0.402 e. The van der Waals surface area contributed by atoms with E-state index in [9.17, 15) is 5.11 Å². The van der Waals surface area contributed by atoms with Crippen molar-refractivity contribution in [1.29, 1.82) is 0 Å². The van der Waals surface area contributed by atoms with Crippen LogP contribution >= 0.6 is 0 Å². The second kappa shape index (κ2) is 6.60. The molecule has 0 aromatic heterocycles. The molecule has 3 heteroatoms. The Labute approximate surface area is 140 Å². The quantitative estimate of drug-likeness (QED) is 0.856. The number of hydrogen-bond acceptors (Lipinski definition) is 2. The molecule has 3 rings (SSSR count). The van der Waals surface area contributed by atoms with Crippen LogP contribution in [0, 0.1) is 0 Å². The van der Waals surface area contributed by atoms with Crippen LogP contribution in [0.15, 0.2) is 60.7 Å². The highest BCUT2D eigenvalue weighted by Gasteiger charge is 2.58. The van der Waals surface area contributed by atoms with Crippen molar-refractivity contribution in [2.24, 2.45) is 0 Å². The van der Waals surface area contributed by atoms with Gasteiger partial charge in [-0.05, 0) is 29.6 Å². The maximum Gasteiger partial charge on any atom is 0.261 e. The average Bonchev–Trinajstić information content (AvgIpc) is 3.00. The highest BCUT2D eigenvalue weighted by Crippen LogP contribution is 2.46. The summed E-state index contributed by atoms with van der Waals surface area (Å²) in [7, 11) is -2.44. The molecule has 1 heterocycles. The molecule has 0 spiro atoms. The van der Waals surface area contributed by atoms with Crippen molar-refractivity contribution >= 4 is 18.7 Å². The van der Waals surface area contributed by atoms with E-state index in [4.69, 9.17) is 4.43 Å². The SMILES string of the molecule is CCC1(CC)CC(CO)[Si](c2ccccc2)(c2ccccc2)O1. The van der Waals surface area contributed by atoms with Crippen molar-refractivity contribution in [2.75, 3.05) is 6.61 Å². The van der Waals surface area contributed by atoms with Crippen LogP contribution in [0.4, 0.5) is 0 Å². The fourth-order valence-electron chi connectivity index (χ4n) is 4.06. The van der Waals surface area contributed by atoms with Crippen molar-refractivity contribution < 1.29 is 9.53 Å². The average molecular weight is 327 g/mol. The summed E-state index contributed by atoms with van der Waals surface area (Å²) in [6.45, 7) is 4.61. The molecule has 2 aromatic carbocycles. The lowest BCUT2D eigenvalue weighted by Crippen LogP contribution is -2.62. The van der Waals surface area contributed by atoms with Gasteiger partial charge in [0.15, 0.2) is 0 Å². The zero-order chi connectivity index (χ0) is 16.3. The predicted octanol–water partition coefficient (Wildman–Crippen LogP) is 3.09. The van der Waals surface area contributed by atoms with Crippen molar-refractivity contribution in [3.05, 3.63) is 60.7 Å². The Bertz CT molecular complexity index is 583. The topological polar surface area (TPSA) is 29.5 Å². The van der Waals surface area contributed by atoms with Crippen molar-refractivity contribution in [3.8, 4) is 0 Å². The molecule has 1 N–H and O–H groups in total. The largest absolute Gasteiger partial charge is 0.402 e. The Morgan fingerprint density at radius 3 is 1.83 bits per heavy atom. The van der Waals surface area contributed by atoms with Gasteiger partial charge in [0, 0.05) is 12.1 Å². The molecule has 1 aliphatic rings. The van der Waals surface area contributed by atoms with Gasteiger partial charge >= 0.3 is 0 Å². The zero-order valence-corrected chi connectivity index (χ0v) is 15.0. The normalized spacial score (nSPS) is 22.1. The molecular weight excluding hydrogens is 300 g/mol. The van der Waals surface area contributed by atoms with E-state index < -0.39 is 8.32 Å². The molecule has 122 valence electrons. The van der Waals surface area contributed by atoms with Crippen LogP contribution in [0.1, 0.15) is 33.1 Å². The van der Waals surface area contributed by atoms with Gasteiger partial charge in [-0.25, -0.2) is 0 Å². The molecule has 2 nitrogen and oxygen atoms in total. The standard InChI is InChI=1S/C20H26O2Si/c1-3-20(4-2)15-19(16-21)23(22-20,17-11-7-5-8-12-17)18-13-9-6-10-14-18/h5-14,19,21H,3-4,15-16H2,1-2H3. The van der Waals surface area contributed by atoms with E-state index >= 15 is 0 Å². The van der Waals surface area contributed by atoms with Gasteiger partial charge in [-0.15, -0.1) is 0 Å². The van der Waals surface area contributed by atoms with E-state index in [0.29, 0.717) is 0 Å². The molecule has 0 radical (unpaired) electrons. The fourth-order valence-corrected chi connectivity index (χ4v) is 9.09. The highest BCUT2D eigenvalue weighted by atomic mass is 28.4. The molecule has 1 unspecified atom stereocenters. The summed E-state index contributed by atoms with van der Waals surface area (Å²) in [4.78, 5) is 0. The molecule has 23 heavy (non-hydrogen) atoms. The minimum atomic E-state index is -2.44. The van der Waals surface area contributed by atoms with Crippen LogP contribution in [0.2, 0.25) is 5.54 Å². The first-order chi connectivity index (χ1) is 11.2. The maximum absolute atomic E-state index is 10.2. The summed E-state index contributed by atoms with van der Waals surface area (Å²) in [5, 5.41) is 12.7. The Morgan fingerprint density at radius 1 is 0.957 bits per heavy atom. The smallest absolute Gasteiger partial charge is 0.261 e. The maximum atomic E-state index is 10.2. The van der Waals surface area contributed by atoms with Gasteiger partial charge in [0.1, 0.15) is 0 Å². The molecular formula is C20H26O2Si. The second-order valence-corrected chi connectivity index (χ2v) is 10.2. The third-order valence-electron chi connectivity index (χ3n) is 5.49. The molecule has 1 aliphatic heterocycles. The lowest BCUT2D eigenvalue weighted by atomic mass is 9.92. The lowest BCUT2D eigenvalue weighted by Gasteiger charge is -2.35. The monoisotopic (exact) mass is 326 g/mol. The van der Waals surface area contributed by atoms with Gasteiger partial charge in [0.05, 0.1) is 5.60 Å². The molecule has 0 saturated carbocycles. The highest BCUT2D eigenvalue weighted by molar-refractivity contribution is 6.99. The van der Waals surface area contributed by atoms with E-state index in [1.807, 2.05) is 12.1 Å². The summed E-state index contributed by atoms with van der Waals surface area (Å²) in [6, 6.07) is 21.2. The molecule has 2 aromatic rings. The van der Waals surface area contributed by atoms with E-state index in [2.05, 4.69) is 62.4 Å². The van der Waals surface area contributed by atoms with Crippen LogP contribution in [-0.2, 0) is 4.43 Å². The number of hydrogen-bond donors (Lipinski definition) is 1. The van der Waals surface area contributed by atoms with Gasteiger partial charge in [0.2, 0.25) is 0 Å². The van der Waals surface area contributed by atoms with Crippen molar-refractivity contribution in [3.63, 3.8) is 0 Å². The fraction of sp³-hybridized carbons (Fsp3) is 0.400. The van der Waals surface area contributed by atoms with E-state index in [1.54, 1.807) is 0 Å². The molecule has 0 aliphatic carbocycles. The first kappa shape index (κ1) is 16.4. The van der Waals surface area contributed by atoms with Gasteiger partial charge < -0.3 is 9.53 Å². The van der Waals surface area contributed by atoms with E-state index in [0.717, 1.165) is 19.3 Å². The predicted molar refractivity (Wildman–Crippen MR) is 97.8 cm³/mol. The Hall–Kier alpha value is -1.42. The van der Waals surface area contributed by atoms with Gasteiger partial charge in [0.25, 0.3) is 8.32 Å². The molecule has 1 saturated heterocycles. The van der Waals surface area contributed by atoms with Crippen LogP contribution in [-0.4, -0.2) is 25.6 Å². The summed E-state index contributed by atoms with van der Waals surface area (Å²) in [5.74, 6) is 0. The number of benzene rings is 2. The van der Waals surface area contributed by atoms with Crippen LogP contribution in [0.3, 0.4) is 0 Å². The lowest BCUT2D eigenvalue weighted by molar-refractivity contribution is 0.0762. The van der Waals surface area contributed by atoms with Gasteiger partial charge in [-0.3, -0.25) is 0 Å². The molecule has 0 amide bonds. The summed E-state index contributed by atoms with van der Waals surface area (Å²) in [5.41, 5.74) is 0.0953. The number of aliphatic hydroxyl groups is 1. The molecule has 1 fully saturated rings. The second-order valence-electron chi connectivity index (χ2n) is 6.54. The Kier molecular flexibility index (Phi) is 4.71. The molecule has 1 atom stereocenters. The van der Waals surface area contributed by atoms with Crippen molar-refractivity contribution in [2.45, 2.75) is 44.3 Å². The van der Waals surface area contributed by atoms with E-state index in [-0.39, 0.29) is 17.7 Å². The third kappa shape index (κ3) is 2.67.